The van der Waals surface area contributed by atoms with E-state index in [1.807, 2.05) is 6.92 Å². The van der Waals surface area contributed by atoms with E-state index < -0.39 is 17.9 Å². The normalized spacial score (nSPS) is 12.2. The van der Waals surface area contributed by atoms with Gasteiger partial charge in [0, 0.05) is 0 Å². The van der Waals surface area contributed by atoms with E-state index in [1.165, 1.54) is 6.92 Å². The molecule has 0 unspecified atom stereocenters. The molecule has 0 saturated carbocycles. The number of carboxylic acids is 2. The second kappa shape index (κ2) is 6.83. The van der Waals surface area contributed by atoms with E-state index in [4.69, 9.17) is 10.2 Å². The van der Waals surface area contributed by atoms with E-state index in [2.05, 4.69) is 0 Å². The molecule has 2 N–H and O–H groups in total. The second-order valence-electron chi connectivity index (χ2n) is 4.00. The third kappa shape index (κ3) is 4.80. The van der Waals surface area contributed by atoms with Gasteiger partial charge in [-0.05, 0) is 32.3 Å². The van der Waals surface area contributed by atoms with Gasteiger partial charge in [0.15, 0.2) is 11.7 Å². The minimum atomic E-state index is -1.55. The molecule has 5 heteroatoms. The van der Waals surface area contributed by atoms with Crippen molar-refractivity contribution in [2.75, 3.05) is 0 Å². The van der Waals surface area contributed by atoms with Crippen LogP contribution in [0.4, 0.5) is 0 Å². The van der Waals surface area contributed by atoms with Crippen LogP contribution in [0, 0.1) is 5.92 Å². The van der Waals surface area contributed by atoms with Crippen molar-refractivity contribution in [1.82, 2.24) is 0 Å². The quantitative estimate of drug-likeness (QED) is 0.525. The summed E-state index contributed by atoms with van der Waals surface area (Å²) in [7, 11) is 0. The average molecular weight is 242 g/mol. The van der Waals surface area contributed by atoms with Crippen LogP contribution in [-0.2, 0) is 14.4 Å². The van der Waals surface area contributed by atoms with E-state index in [0.29, 0.717) is 12.0 Å². The molecule has 0 atom stereocenters. The molecule has 0 rings (SSSR count). The number of hydrogen-bond acceptors (Lipinski definition) is 3. The Labute approximate surface area is 100 Å². The van der Waals surface area contributed by atoms with Crippen molar-refractivity contribution in [3.8, 4) is 0 Å². The molecule has 0 radical (unpaired) electrons. The first-order chi connectivity index (χ1) is 7.81. The lowest BCUT2D eigenvalue weighted by Crippen LogP contribution is -2.25. The maximum Gasteiger partial charge on any atom is 0.318 e. The Morgan fingerprint density at radius 2 is 1.53 bits per heavy atom. The van der Waals surface area contributed by atoms with Gasteiger partial charge in [0.05, 0.1) is 0 Å². The first-order valence-electron chi connectivity index (χ1n) is 5.46. The van der Waals surface area contributed by atoms with Crippen LogP contribution in [0.5, 0.6) is 0 Å². The zero-order valence-electron chi connectivity index (χ0n) is 10.3. The monoisotopic (exact) mass is 242 g/mol. The minimum absolute atomic E-state index is 0.244. The lowest BCUT2D eigenvalue weighted by atomic mass is 9.92. The number of hydrogen-bond donors (Lipinski definition) is 2. The Balaban J connectivity index is 5.12. The zero-order chi connectivity index (χ0) is 13.6. The number of allylic oxidation sites excluding steroid dienone is 2. The molecule has 0 spiro atoms. The molecule has 0 fully saturated rings. The number of carbonyl (C=O) groups excluding carboxylic acids is 1. The summed E-state index contributed by atoms with van der Waals surface area (Å²) in [5.41, 5.74) is 1.09. The maximum absolute atomic E-state index is 11.4. The summed E-state index contributed by atoms with van der Waals surface area (Å²) in [6.07, 6.45) is 1.25. The van der Waals surface area contributed by atoms with Gasteiger partial charge in [-0.25, -0.2) is 0 Å². The first kappa shape index (κ1) is 15.3. The fourth-order valence-electron chi connectivity index (χ4n) is 1.63. The predicted molar refractivity (Wildman–Crippen MR) is 61.7 cm³/mol. The van der Waals surface area contributed by atoms with Gasteiger partial charge < -0.3 is 10.2 Å². The molecule has 96 valence electrons. The van der Waals surface area contributed by atoms with E-state index in [0.717, 1.165) is 12.0 Å². The highest BCUT2D eigenvalue weighted by Gasteiger charge is 2.28. The van der Waals surface area contributed by atoms with Crippen LogP contribution in [0.25, 0.3) is 0 Å². The smallest absolute Gasteiger partial charge is 0.318 e. The number of Topliss-reactive ketones (excluding diaryl/α,β-unsaturated/α-hetero) is 1. The van der Waals surface area contributed by atoms with E-state index >= 15 is 0 Å². The van der Waals surface area contributed by atoms with E-state index in [9.17, 15) is 14.4 Å². The molecular formula is C12H18O5. The molecule has 0 aliphatic carbocycles. The van der Waals surface area contributed by atoms with Gasteiger partial charge in [-0.3, -0.25) is 14.4 Å². The molecule has 0 aromatic rings. The summed E-state index contributed by atoms with van der Waals surface area (Å²) in [6, 6.07) is 0. The summed E-state index contributed by atoms with van der Waals surface area (Å²) in [5.74, 6) is -4.65. The van der Waals surface area contributed by atoms with Gasteiger partial charge in [-0.1, -0.05) is 18.9 Å². The Kier molecular flexibility index (Phi) is 6.17. The van der Waals surface area contributed by atoms with Gasteiger partial charge in [0.25, 0.3) is 0 Å². The number of carbonyl (C=O) groups is 3. The van der Waals surface area contributed by atoms with Crippen molar-refractivity contribution in [3.05, 3.63) is 11.1 Å². The van der Waals surface area contributed by atoms with Crippen LogP contribution in [0.3, 0.4) is 0 Å². The van der Waals surface area contributed by atoms with Crippen LogP contribution in [0.2, 0.25) is 0 Å². The third-order valence-electron chi connectivity index (χ3n) is 2.57. The SMILES string of the molecule is CCC/C(C)=C(/CC(C(=O)O)C(=O)O)C(C)=O. The summed E-state index contributed by atoms with van der Waals surface area (Å²) in [5, 5.41) is 17.5. The topological polar surface area (TPSA) is 91.7 Å². The van der Waals surface area contributed by atoms with Crippen molar-refractivity contribution in [2.24, 2.45) is 5.92 Å². The predicted octanol–water partition coefficient (Wildman–Crippen LogP) is 1.87. The lowest BCUT2D eigenvalue weighted by Gasteiger charge is -2.12. The Bertz CT molecular complexity index is 340. The highest BCUT2D eigenvalue weighted by molar-refractivity contribution is 5.98. The van der Waals surface area contributed by atoms with Gasteiger partial charge in [-0.2, -0.15) is 0 Å². The van der Waals surface area contributed by atoms with Crippen LogP contribution in [-0.4, -0.2) is 27.9 Å². The summed E-state index contributed by atoms with van der Waals surface area (Å²) in [6.45, 7) is 5.00. The number of carboxylic acid groups (broad SMARTS) is 2. The average Bonchev–Trinajstić information content (AvgIpc) is 2.16. The fraction of sp³-hybridized carbons (Fsp3) is 0.583. The van der Waals surface area contributed by atoms with Crippen molar-refractivity contribution in [3.63, 3.8) is 0 Å². The van der Waals surface area contributed by atoms with Gasteiger partial charge in [0.2, 0.25) is 0 Å². The number of ketones is 1. The molecule has 0 aliphatic rings. The summed E-state index contributed by atoms with van der Waals surface area (Å²) in [4.78, 5) is 32.9. The molecule has 5 nitrogen and oxygen atoms in total. The highest BCUT2D eigenvalue weighted by Crippen LogP contribution is 2.20. The zero-order valence-corrected chi connectivity index (χ0v) is 10.3. The summed E-state index contributed by atoms with van der Waals surface area (Å²) < 4.78 is 0. The Morgan fingerprint density at radius 1 is 1.06 bits per heavy atom. The molecule has 0 saturated heterocycles. The molecule has 0 aromatic heterocycles. The molecule has 0 heterocycles. The van der Waals surface area contributed by atoms with Crippen LogP contribution in [0.1, 0.15) is 40.0 Å². The van der Waals surface area contributed by atoms with Crippen molar-refractivity contribution in [1.29, 1.82) is 0 Å². The fourth-order valence-corrected chi connectivity index (χ4v) is 1.63. The van der Waals surface area contributed by atoms with Crippen LogP contribution >= 0.6 is 0 Å². The van der Waals surface area contributed by atoms with Gasteiger partial charge in [-0.15, -0.1) is 0 Å². The molecule has 0 bridgehead atoms. The maximum atomic E-state index is 11.4. The first-order valence-corrected chi connectivity index (χ1v) is 5.46. The second-order valence-corrected chi connectivity index (χ2v) is 4.00. The molecule has 0 aromatic carbocycles. The Hall–Kier alpha value is -1.65. The number of aliphatic carboxylic acids is 2. The number of rotatable bonds is 7. The van der Waals surface area contributed by atoms with Crippen LogP contribution < -0.4 is 0 Å². The minimum Gasteiger partial charge on any atom is -0.481 e. The van der Waals surface area contributed by atoms with Crippen molar-refractivity contribution >= 4 is 17.7 Å². The van der Waals surface area contributed by atoms with Gasteiger partial charge >= 0.3 is 11.9 Å². The standard InChI is InChI=1S/C12H18O5/c1-4-5-7(2)9(8(3)13)6-10(11(14)15)12(16)17/h10H,4-6H2,1-3H3,(H,14,15)(H,16,17)/b9-7-. The Morgan fingerprint density at radius 3 is 1.82 bits per heavy atom. The molecule has 0 aliphatic heterocycles. The molecule has 17 heavy (non-hydrogen) atoms. The highest BCUT2D eigenvalue weighted by atomic mass is 16.4. The van der Waals surface area contributed by atoms with Gasteiger partial charge in [0.1, 0.15) is 0 Å². The van der Waals surface area contributed by atoms with Crippen molar-refractivity contribution in [2.45, 2.75) is 40.0 Å². The van der Waals surface area contributed by atoms with Crippen LogP contribution in [0.15, 0.2) is 11.1 Å². The lowest BCUT2D eigenvalue weighted by molar-refractivity contribution is -0.154. The third-order valence-corrected chi connectivity index (χ3v) is 2.57. The van der Waals surface area contributed by atoms with E-state index in [1.54, 1.807) is 6.92 Å². The molecule has 0 amide bonds. The van der Waals surface area contributed by atoms with E-state index in [-0.39, 0.29) is 12.2 Å². The van der Waals surface area contributed by atoms with Crippen molar-refractivity contribution < 1.29 is 24.6 Å². The largest absolute Gasteiger partial charge is 0.481 e. The molecular weight excluding hydrogens is 224 g/mol. The summed E-state index contributed by atoms with van der Waals surface area (Å²) >= 11 is 0.